The molecule has 2 aromatic heterocycles. The first kappa shape index (κ1) is 13.8. The summed E-state index contributed by atoms with van der Waals surface area (Å²) in [6.07, 6.45) is 4.87. The van der Waals surface area contributed by atoms with Crippen LogP contribution in [-0.2, 0) is 0 Å². The summed E-state index contributed by atoms with van der Waals surface area (Å²) in [7, 11) is 0. The van der Waals surface area contributed by atoms with Crippen molar-refractivity contribution in [3.05, 3.63) is 52.8 Å². The molecule has 2 heterocycles. The van der Waals surface area contributed by atoms with Crippen LogP contribution in [-0.4, -0.2) is 24.5 Å². The van der Waals surface area contributed by atoms with Crippen LogP contribution in [0.2, 0.25) is 10.3 Å². The van der Waals surface area contributed by atoms with Crippen molar-refractivity contribution in [2.75, 3.05) is 0 Å². The second-order valence-corrected chi connectivity index (χ2v) is 4.92. The molecule has 0 atom stereocenters. The van der Waals surface area contributed by atoms with Gasteiger partial charge in [0.05, 0.1) is 0 Å². The largest absolute Gasteiger partial charge is 0.424 e. The van der Waals surface area contributed by atoms with E-state index in [0.717, 1.165) is 5.56 Å². The number of aromatic nitrogens is 5. The Balaban J connectivity index is 1.93. The number of imidazole rings is 1. The van der Waals surface area contributed by atoms with Crippen LogP contribution in [0.4, 0.5) is 0 Å². The zero-order chi connectivity index (χ0) is 14.8. The molecule has 0 spiro atoms. The van der Waals surface area contributed by atoms with Gasteiger partial charge in [0, 0.05) is 17.4 Å². The first-order chi connectivity index (χ1) is 10.1. The third-order valence-corrected chi connectivity index (χ3v) is 3.24. The summed E-state index contributed by atoms with van der Waals surface area (Å²) in [5.74, 6) is 0.893. The van der Waals surface area contributed by atoms with Crippen LogP contribution in [0.5, 0.6) is 11.8 Å². The highest BCUT2D eigenvalue weighted by molar-refractivity contribution is 6.31. The van der Waals surface area contributed by atoms with Crippen LogP contribution >= 0.6 is 23.2 Å². The van der Waals surface area contributed by atoms with Crippen LogP contribution in [0.1, 0.15) is 5.56 Å². The number of nitrogens with zero attached hydrogens (tertiary/aromatic N) is 5. The molecular formula is C13H9Cl2N5O. The molecule has 6 nitrogen and oxygen atoms in total. The van der Waals surface area contributed by atoms with E-state index in [1.807, 2.05) is 6.92 Å². The molecule has 0 fully saturated rings. The average Bonchev–Trinajstić information content (AvgIpc) is 2.96. The lowest BCUT2D eigenvalue weighted by molar-refractivity contribution is 0.438. The van der Waals surface area contributed by atoms with E-state index >= 15 is 0 Å². The van der Waals surface area contributed by atoms with Crippen molar-refractivity contribution >= 4 is 23.2 Å². The van der Waals surface area contributed by atoms with E-state index in [2.05, 4.69) is 19.9 Å². The second kappa shape index (κ2) is 5.67. The lowest BCUT2D eigenvalue weighted by Crippen LogP contribution is -2.03. The monoisotopic (exact) mass is 321 g/mol. The molecule has 0 saturated heterocycles. The molecule has 0 bridgehead atoms. The molecular weight excluding hydrogens is 313 g/mol. The summed E-state index contributed by atoms with van der Waals surface area (Å²) in [6.45, 7) is 1.88. The quantitative estimate of drug-likeness (QED) is 0.739. The summed E-state index contributed by atoms with van der Waals surface area (Å²) in [6, 6.07) is 5.35. The Labute approximate surface area is 130 Å². The van der Waals surface area contributed by atoms with E-state index in [4.69, 9.17) is 27.9 Å². The Morgan fingerprint density at radius 3 is 2.71 bits per heavy atom. The molecule has 0 amide bonds. The lowest BCUT2D eigenvalue weighted by Gasteiger charge is -2.07. The molecule has 1 aromatic carbocycles. The summed E-state index contributed by atoms with van der Waals surface area (Å²) in [4.78, 5) is 16.1. The van der Waals surface area contributed by atoms with Crippen molar-refractivity contribution in [2.24, 2.45) is 0 Å². The predicted octanol–water partition coefficient (Wildman–Crippen LogP) is 3.46. The van der Waals surface area contributed by atoms with Gasteiger partial charge in [-0.15, -0.1) is 0 Å². The molecule has 0 aliphatic carbocycles. The standard InChI is InChI=1S/C13H9Cl2N5O/c1-8-6-9(2-3-10(8)14)21-13-18-11(15)17-12(19-13)20-5-4-16-7-20/h2-7H,1H3. The van der Waals surface area contributed by atoms with E-state index in [1.54, 1.807) is 41.5 Å². The maximum atomic E-state index is 5.97. The fourth-order valence-electron chi connectivity index (χ4n) is 1.65. The molecule has 106 valence electrons. The van der Waals surface area contributed by atoms with Crippen LogP contribution in [0.3, 0.4) is 0 Å². The third-order valence-electron chi connectivity index (χ3n) is 2.65. The minimum Gasteiger partial charge on any atom is -0.424 e. The second-order valence-electron chi connectivity index (χ2n) is 4.17. The van der Waals surface area contributed by atoms with Crippen molar-refractivity contribution in [3.8, 4) is 17.7 Å². The van der Waals surface area contributed by atoms with Gasteiger partial charge in [0.2, 0.25) is 11.2 Å². The van der Waals surface area contributed by atoms with Crippen LogP contribution in [0.25, 0.3) is 5.95 Å². The average molecular weight is 322 g/mol. The first-order valence-electron chi connectivity index (χ1n) is 5.96. The fraction of sp³-hybridized carbons (Fsp3) is 0.0769. The maximum Gasteiger partial charge on any atom is 0.328 e. The zero-order valence-electron chi connectivity index (χ0n) is 10.9. The van der Waals surface area contributed by atoms with Gasteiger partial charge < -0.3 is 4.74 Å². The van der Waals surface area contributed by atoms with Gasteiger partial charge in [-0.1, -0.05) is 11.6 Å². The summed E-state index contributed by atoms with van der Waals surface area (Å²) in [5, 5.41) is 0.699. The number of hydrogen-bond donors (Lipinski definition) is 0. The third kappa shape index (κ3) is 3.12. The topological polar surface area (TPSA) is 65.7 Å². The van der Waals surface area contributed by atoms with Crippen molar-refractivity contribution < 1.29 is 4.74 Å². The van der Waals surface area contributed by atoms with Crippen LogP contribution in [0, 0.1) is 6.92 Å². The number of ether oxygens (including phenoxy) is 1. The Morgan fingerprint density at radius 2 is 2.00 bits per heavy atom. The summed E-state index contributed by atoms with van der Waals surface area (Å²) >= 11 is 11.9. The van der Waals surface area contributed by atoms with Gasteiger partial charge in [-0.05, 0) is 42.3 Å². The Kier molecular flexibility index (Phi) is 3.72. The van der Waals surface area contributed by atoms with Gasteiger partial charge in [-0.2, -0.15) is 15.0 Å². The molecule has 0 aliphatic rings. The Morgan fingerprint density at radius 1 is 1.14 bits per heavy atom. The summed E-state index contributed by atoms with van der Waals surface area (Å²) in [5.41, 5.74) is 0.893. The highest BCUT2D eigenvalue weighted by Gasteiger charge is 2.09. The van der Waals surface area contributed by atoms with Gasteiger partial charge in [-0.3, -0.25) is 4.57 Å². The fourth-order valence-corrected chi connectivity index (χ4v) is 1.91. The van der Waals surface area contributed by atoms with Crippen LogP contribution in [0.15, 0.2) is 36.9 Å². The lowest BCUT2D eigenvalue weighted by atomic mass is 10.2. The van der Waals surface area contributed by atoms with E-state index < -0.39 is 0 Å². The molecule has 0 aliphatic heterocycles. The molecule has 0 radical (unpaired) electrons. The normalized spacial score (nSPS) is 10.6. The first-order valence-corrected chi connectivity index (χ1v) is 6.71. The van der Waals surface area contributed by atoms with Crippen molar-refractivity contribution in [3.63, 3.8) is 0 Å². The number of rotatable bonds is 3. The SMILES string of the molecule is Cc1cc(Oc2nc(Cl)nc(-n3ccnc3)n2)ccc1Cl. The van der Waals surface area contributed by atoms with E-state index in [1.165, 1.54) is 0 Å². The zero-order valence-corrected chi connectivity index (χ0v) is 12.4. The minimum absolute atomic E-state index is 0.0365. The van der Waals surface area contributed by atoms with Crippen molar-refractivity contribution in [2.45, 2.75) is 6.92 Å². The number of benzene rings is 1. The smallest absolute Gasteiger partial charge is 0.328 e. The highest BCUT2D eigenvalue weighted by atomic mass is 35.5. The number of hydrogen-bond acceptors (Lipinski definition) is 5. The maximum absolute atomic E-state index is 5.97. The molecule has 0 N–H and O–H groups in total. The van der Waals surface area contributed by atoms with Gasteiger partial charge in [-0.25, -0.2) is 4.98 Å². The van der Waals surface area contributed by atoms with E-state index in [-0.39, 0.29) is 11.3 Å². The number of halogens is 2. The molecule has 21 heavy (non-hydrogen) atoms. The molecule has 3 aromatic rings. The van der Waals surface area contributed by atoms with Crippen molar-refractivity contribution in [1.82, 2.24) is 24.5 Å². The highest BCUT2D eigenvalue weighted by Crippen LogP contribution is 2.24. The Hall–Kier alpha value is -2.18. The van der Waals surface area contributed by atoms with Gasteiger partial charge in [0.15, 0.2) is 0 Å². The van der Waals surface area contributed by atoms with Gasteiger partial charge >= 0.3 is 6.01 Å². The number of aryl methyl sites for hydroxylation is 1. The molecule has 0 saturated carbocycles. The summed E-state index contributed by atoms with van der Waals surface area (Å²) < 4.78 is 7.20. The van der Waals surface area contributed by atoms with Crippen molar-refractivity contribution in [1.29, 1.82) is 0 Å². The van der Waals surface area contributed by atoms with Gasteiger partial charge in [0.1, 0.15) is 12.1 Å². The van der Waals surface area contributed by atoms with Crippen LogP contribution < -0.4 is 4.74 Å². The van der Waals surface area contributed by atoms with Gasteiger partial charge in [0.25, 0.3) is 0 Å². The molecule has 3 rings (SSSR count). The predicted molar refractivity (Wildman–Crippen MR) is 78.2 cm³/mol. The molecule has 8 heteroatoms. The molecule has 0 unspecified atom stereocenters. The minimum atomic E-state index is 0.0365. The van der Waals surface area contributed by atoms with E-state index in [0.29, 0.717) is 16.7 Å². The Bertz CT molecular complexity index is 776. The van der Waals surface area contributed by atoms with E-state index in [9.17, 15) is 0 Å².